The largest absolute Gasteiger partial charge is 0.467 e. The molecule has 9 heteroatoms. The Bertz CT molecular complexity index is 819. The summed E-state index contributed by atoms with van der Waals surface area (Å²) >= 11 is 0. The van der Waals surface area contributed by atoms with Gasteiger partial charge in [-0.1, -0.05) is 0 Å². The zero-order chi connectivity index (χ0) is 16.5. The molecule has 1 aliphatic heterocycles. The highest BCUT2D eigenvalue weighted by molar-refractivity contribution is 5.82. The highest BCUT2D eigenvalue weighted by Gasteiger charge is 2.35. The molecule has 0 spiro atoms. The number of aliphatic hydroxyl groups is 2. The number of anilines is 1. The van der Waals surface area contributed by atoms with E-state index in [0.717, 1.165) is 5.76 Å². The van der Waals surface area contributed by atoms with Gasteiger partial charge in [-0.25, -0.2) is 15.0 Å². The van der Waals surface area contributed by atoms with E-state index >= 15 is 0 Å². The minimum atomic E-state index is -0.712. The zero-order valence-electron chi connectivity index (χ0n) is 12.7. The lowest BCUT2D eigenvalue weighted by Crippen LogP contribution is -2.24. The van der Waals surface area contributed by atoms with Crippen LogP contribution < -0.4 is 5.32 Å². The third-order valence-corrected chi connectivity index (χ3v) is 4.06. The Morgan fingerprint density at radius 3 is 3.00 bits per heavy atom. The second-order valence-electron chi connectivity index (χ2n) is 5.59. The number of imidazole rings is 1. The molecule has 126 valence electrons. The molecule has 24 heavy (non-hydrogen) atoms. The first-order valence-corrected chi connectivity index (χ1v) is 7.64. The fourth-order valence-corrected chi connectivity index (χ4v) is 2.83. The fraction of sp³-hybridized carbons (Fsp3) is 0.400. The molecule has 9 nitrogen and oxygen atoms in total. The molecular weight excluding hydrogens is 314 g/mol. The van der Waals surface area contributed by atoms with Gasteiger partial charge in [0, 0.05) is 6.42 Å². The summed E-state index contributed by atoms with van der Waals surface area (Å²) in [5.41, 5.74) is 1.21. The van der Waals surface area contributed by atoms with E-state index in [1.54, 1.807) is 17.2 Å². The van der Waals surface area contributed by atoms with Crippen LogP contribution >= 0.6 is 0 Å². The van der Waals surface area contributed by atoms with E-state index in [-0.39, 0.29) is 6.61 Å². The van der Waals surface area contributed by atoms with Crippen LogP contribution in [0.15, 0.2) is 35.5 Å². The number of furan rings is 1. The van der Waals surface area contributed by atoms with Gasteiger partial charge in [0.2, 0.25) is 0 Å². The molecule has 0 aromatic carbocycles. The quantitative estimate of drug-likeness (QED) is 0.624. The zero-order valence-corrected chi connectivity index (χ0v) is 12.7. The molecule has 0 saturated carbocycles. The second kappa shape index (κ2) is 6.19. The molecule has 3 atom stereocenters. The molecule has 3 aromatic heterocycles. The monoisotopic (exact) mass is 331 g/mol. The highest BCUT2D eigenvalue weighted by atomic mass is 16.5. The van der Waals surface area contributed by atoms with Gasteiger partial charge in [-0.15, -0.1) is 0 Å². The van der Waals surface area contributed by atoms with Crippen LogP contribution in [0, 0.1) is 0 Å². The number of aliphatic hydroxyl groups excluding tert-OH is 2. The summed E-state index contributed by atoms with van der Waals surface area (Å²) in [6, 6.07) is 3.69. The summed E-state index contributed by atoms with van der Waals surface area (Å²) in [6.45, 7) is 0.256. The van der Waals surface area contributed by atoms with Gasteiger partial charge < -0.3 is 24.7 Å². The maximum atomic E-state index is 9.90. The minimum absolute atomic E-state index is 0.227. The van der Waals surface area contributed by atoms with Crippen LogP contribution in [-0.2, 0) is 11.3 Å². The van der Waals surface area contributed by atoms with Crippen molar-refractivity contribution in [3.05, 3.63) is 36.8 Å². The van der Waals surface area contributed by atoms with Crippen molar-refractivity contribution >= 4 is 17.0 Å². The number of rotatable bonds is 5. The Kier molecular flexibility index (Phi) is 3.89. The fourth-order valence-electron chi connectivity index (χ4n) is 2.83. The van der Waals surface area contributed by atoms with Crippen LogP contribution in [0.4, 0.5) is 5.82 Å². The van der Waals surface area contributed by atoms with E-state index < -0.39 is 18.4 Å². The normalized spacial score (nSPS) is 23.8. The smallest absolute Gasteiger partial charge is 0.167 e. The van der Waals surface area contributed by atoms with Crippen molar-refractivity contribution in [2.24, 2.45) is 0 Å². The van der Waals surface area contributed by atoms with E-state index in [2.05, 4.69) is 20.3 Å². The molecule has 1 unspecified atom stereocenters. The van der Waals surface area contributed by atoms with Gasteiger partial charge in [0.1, 0.15) is 24.4 Å². The Morgan fingerprint density at radius 1 is 1.33 bits per heavy atom. The van der Waals surface area contributed by atoms with E-state index in [4.69, 9.17) is 9.15 Å². The summed E-state index contributed by atoms with van der Waals surface area (Å²) in [4.78, 5) is 12.9. The summed E-state index contributed by atoms with van der Waals surface area (Å²) < 4.78 is 12.7. The summed E-state index contributed by atoms with van der Waals surface area (Å²) in [6.07, 6.45) is 3.31. The maximum absolute atomic E-state index is 9.90. The third kappa shape index (κ3) is 2.62. The van der Waals surface area contributed by atoms with Crippen LogP contribution in [0.2, 0.25) is 0 Å². The first-order valence-electron chi connectivity index (χ1n) is 7.64. The van der Waals surface area contributed by atoms with Crippen LogP contribution in [0.25, 0.3) is 11.2 Å². The molecule has 4 heterocycles. The Balaban J connectivity index is 1.59. The molecule has 3 N–H and O–H groups in total. The number of ether oxygens (including phenoxy) is 1. The Labute approximate surface area is 136 Å². The summed E-state index contributed by atoms with van der Waals surface area (Å²) in [5.74, 6) is 1.38. The average molecular weight is 331 g/mol. The van der Waals surface area contributed by atoms with Crippen molar-refractivity contribution in [2.75, 3.05) is 11.9 Å². The van der Waals surface area contributed by atoms with E-state index in [0.29, 0.717) is 29.9 Å². The van der Waals surface area contributed by atoms with E-state index in [1.165, 1.54) is 6.33 Å². The van der Waals surface area contributed by atoms with Crippen LogP contribution in [0.1, 0.15) is 18.4 Å². The lowest BCUT2D eigenvalue weighted by atomic mass is 10.2. The van der Waals surface area contributed by atoms with Crippen LogP contribution in [-0.4, -0.2) is 48.5 Å². The van der Waals surface area contributed by atoms with Crippen LogP contribution in [0.5, 0.6) is 0 Å². The molecule has 1 aliphatic rings. The molecule has 0 aliphatic carbocycles. The molecule has 0 amide bonds. The molecule has 3 aromatic rings. The molecule has 4 rings (SSSR count). The number of aromatic nitrogens is 4. The van der Waals surface area contributed by atoms with E-state index in [9.17, 15) is 10.2 Å². The van der Waals surface area contributed by atoms with Crippen molar-refractivity contribution in [3.8, 4) is 0 Å². The lowest BCUT2D eigenvalue weighted by Gasteiger charge is -2.13. The highest BCUT2D eigenvalue weighted by Crippen LogP contribution is 2.31. The maximum Gasteiger partial charge on any atom is 0.167 e. The second-order valence-corrected chi connectivity index (χ2v) is 5.59. The number of hydrogen-bond donors (Lipinski definition) is 3. The van der Waals surface area contributed by atoms with Crippen molar-refractivity contribution in [1.82, 2.24) is 19.5 Å². The first-order chi connectivity index (χ1) is 11.8. The van der Waals surface area contributed by atoms with Gasteiger partial charge in [-0.2, -0.15) is 0 Å². The lowest BCUT2D eigenvalue weighted by molar-refractivity contribution is -0.0432. The average Bonchev–Trinajstić information content (AvgIpc) is 3.32. The topological polar surface area (TPSA) is 118 Å². The minimum Gasteiger partial charge on any atom is -0.467 e. The van der Waals surface area contributed by atoms with Crippen molar-refractivity contribution in [2.45, 2.75) is 31.4 Å². The van der Waals surface area contributed by atoms with Crippen molar-refractivity contribution < 1.29 is 19.4 Å². The Hall–Kier alpha value is -2.49. The summed E-state index contributed by atoms with van der Waals surface area (Å²) in [7, 11) is 0. The predicted molar refractivity (Wildman–Crippen MR) is 83.0 cm³/mol. The van der Waals surface area contributed by atoms with E-state index in [1.807, 2.05) is 12.1 Å². The third-order valence-electron chi connectivity index (χ3n) is 4.06. The van der Waals surface area contributed by atoms with Gasteiger partial charge in [-0.3, -0.25) is 4.57 Å². The SMILES string of the molecule is OC[C@H]1OC(n2cnc3c(NCc4ccco4)ncnc32)C[C@@H]1O. The van der Waals surface area contributed by atoms with Crippen LogP contribution in [0.3, 0.4) is 0 Å². The first kappa shape index (κ1) is 15.1. The summed E-state index contributed by atoms with van der Waals surface area (Å²) in [5, 5.41) is 22.3. The molecular formula is C15H17N5O4. The number of nitrogens with zero attached hydrogens (tertiary/aromatic N) is 4. The van der Waals surface area contributed by atoms with Crippen molar-refractivity contribution in [1.29, 1.82) is 0 Å². The van der Waals surface area contributed by atoms with Gasteiger partial charge in [0.05, 0.1) is 31.8 Å². The predicted octanol–water partition coefficient (Wildman–Crippen LogP) is 0.672. The standard InChI is InChI=1S/C15H17N5O4/c21-6-11-10(22)4-12(24-11)20-8-19-13-14(17-7-18-15(13)20)16-5-9-2-1-3-23-9/h1-3,7-8,10-12,21-22H,4-6H2,(H,16,17,18)/t10-,11+,12?/m0/s1. The molecule has 1 saturated heterocycles. The van der Waals surface area contributed by atoms with Gasteiger partial charge in [0.25, 0.3) is 0 Å². The molecule has 0 bridgehead atoms. The van der Waals surface area contributed by atoms with Gasteiger partial charge >= 0.3 is 0 Å². The number of fused-ring (bicyclic) bond motifs is 1. The number of hydrogen-bond acceptors (Lipinski definition) is 8. The molecule has 1 fully saturated rings. The van der Waals surface area contributed by atoms with Gasteiger partial charge in [0.15, 0.2) is 17.0 Å². The molecule has 0 radical (unpaired) electrons. The van der Waals surface area contributed by atoms with Crippen molar-refractivity contribution in [3.63, 3.8) is 0 Å². The number of nitrogens with one attached hydrogen (secondary N) is 1. The van der Waals surface area contributed by atoms with Gasteiger partial charge in [-0.05, 0) is 12.1 Å². The Morgan fingerprint density at radius 2 is 2.25 bits per heavy atom.